The van der Waals surface area contributed by atoms with Crippen LogP contribution >= 0.6 is 0 Å². The largest absolute Gasteiger partial charge is 0.380 e. The lowest BCUT2D eigenvalue weighted by Crippen LogP contribution is -1.98. The minimum atomic E-state index is -0.409. The third-order valence-electron chi connectivity index (χ3n) is 3.31. The molecular weight excluding hydrogens is 220 g/mol. The zero-order valence-corrected chi connectivity index (χ0v) is 12.5. The van der Waals surface area contributed by atoms with Gasteiger partial charge in [0, 0.05) is 6.42 Å². The van der Waals surface area contributed by atoms with Gasteiger partial charge in [0.2, 0.25) is 0 Å². The SMILES string of the molecule is CCCCCCCCCCCCC#CC(O)CC. The Morgan fingerprint density at radius 3 is 1.78 bits per heavy atom. The number of hydrogen-bond acceptors (Lipinski definition) is 1. The molecule has 1 N–H and O–H groups in total. The maximum Gasteiger partial charge on any atom is 0.114 e. The number of rotatable bonds is 11. The van der Waals surface area contributed by atoms with Crippen LogP contribution in [0, 0.1) is 11.8 Å². The Bertz CT molecular complexity index is 211. The second-order valence-corrected chi connectivity index (χ2v) is 5.18. The average Bonchev–Trinajstić information content (AvgIpc) is 2.39. The van der Waals surface area contributed by atoms with Crippen molar-refractivity contribution in [1.82, 2.24) is 0 Å². The highest BCUT2D eigenvalue weighted by Gasteiger charge is 1.93. The molecular formula is C17H32O. The van der Waals surface area contributed by atoms with Crippen LogP contribution in [0.1, 0.15) is 90.9 Å². The third-order valence-corrected chi connectivity index (χ3v) is 3.31. The van der Waals surface area contributed by atoms with Crippen LogP contribution in [0.25, 0.3) is 0 Å². The van der Waals surface area contributed by atoms with Gasteiger partial charge in [-0.25, -0.2) is 0 Å². The van der Waals surface area contributed by atoms with Gasteiger partial charge in [-0.3, -0.25) is 0 Å². The van der Waals surface area contributed by atoms with Crippen molar-refractivity contribution in [1.29, 1.82) is 0 Å². The summed E-state index contributed by atoms with van der Waals surface area (Å²) in [6, 6.07) is 0. The molecule has 0 rings (SSSR count). The van der Waals surface area contributed by atoms with Crippen molar-refractivity contribution in [3.63, 3.8) is 0 Å². The van der Waals surface area contributed by atoms with Gasteiger partial charge in [0.05, 0.1) is 0 Å². The fraction of sp³-hybridized carbons (Fsp3) is 0.882. The van der Waals surface area contributed by atoms with Gasteiger partial charge in [0.1, 0.15) is 6.10 Å². The van der Waals surface area contributed by atoms with E-state index < -0.39 is 6.10 Å². The minimum Gasteiger partial charge on any atom is -0.380 e. The van der Waals surface area contributed by atoms with Gasteiger partial charge in [0.15, 0.2) is 0 Å². The van der Waals surface area contributed by atoms with Crippen LogP contribution in [0.5, 0.6) is 0 Å². The average molecular weight is 252 g/mol. The zero-order chi connectivity index (χ0) is 13.5. The molecule has 0 spiro atoms. The van der Waals surface area contributed by atoms with E-state index in [1.165, 1.54) is 64.2 Å². The number of unbranched alkanes of at least 4 members (excludes halogenated alkanes) is 10. The van der Waals surface area contributed by atoms with Crippen molar-refractivity contribution in [2.24, 2.45) is 0 Å². The van der Waals surface area contributed by atoms with Crippen molar-refractivity contribution in [3.05, 3.63) is 0 Å². The van der Waals surface area contributed by atoms with E-state index in [0.717, 1.165) is 12.8 Å². The Kier molecular flexibility index (Phi) is 14.2. The lowest BCUT2D eigenvalue weighted by Gasteiger charge is -2.01. The molecule has 1 unspecified atom stereocenters. The van der Waals surface area contributed by atoms with Crippen LogP contribution in [0.15, 0.2) is 0 Å². The molecule has 0 saturated carbocycles. The van der Waals surface area contributed by atoms with Crippen molar-refractivity contribution < 1.29 is 5.11 Å². The highest BCUT2D eigenvalue weighted by Crippen LogP contribution is 2.10. The molecule has 1 heteroatoms. The molecule has 106 valence electrons. The summed E-state index contributed by atoms with van der Waals surface area (Å²) in [5, 5.41) is 9.25. The van der Waals surface area contributed by atoms with E-state index in [1.807, 2.05) is 6.92 Å². The van der Waals surface area contributed by atoms with Crippen LogP contribution in [-0.4, -0.2) is 11.2 Å². The Labute approximate surface area is 114 Å². The van der Waals surface area contributed by atoms with Gasteiger partial charge in [-0.05, 0) is 12.8 Å². The second kappa shape index (κ2) is 14.6. The van der Waals surface area contributed by atoms with E-state index in [-0.39, 0.29) is 0 Å². The first-order valence-electron chi connectivity index (χ1n) is 7.97. The zero-order valence-electron chi connectivity index (χ0n) is 12.5. The van der Waals surface area contributed by atoms with Gasteiger partial charge in [-0.15, -0.1) is 5.92 Å². The third kappa shape index (κ3) is 13.6. The summed E-state index contributed by atoms with van der Waals surface area (Å²) in [5.41, 5.74) is 0. The molecule has 0 aliphatic carbocycles. The lowest BCUT2D eigenvalue weighted by atomic mass is 10.1. The van der Waals surface area contributed by atoms with Crippen LogP contribution in [0.4, 0.5) is 0 Å². The fourth-order valence-electron chi connectivity index (χ4n) is 1.99. The molecule has 0 aliphatic heterocycles. The van der Waals surface area contributed by atoms with E-state index >= 15 is 0 Å². The monoisotopic (exact) mass is 252 g/mol. The molecule has 0 fully saturated rings. The van der Waals surface area contributed by atoms with Gasteiger partial charge in [-0.1, -0.05) is 77.6 Å². The highest BCUT2D eigenvalue weighted by molar-refractivity contribution is 5.03. The van der Waals surface area contributed by atoms with Gasteiger partial charge >= 0.3 is 0 Å². The van der Waals surface area contributed by atoms with Crippen molar-refractivity contribution >= 4 is 0 Å². The van der Waals surface area contributed by atoms with Crippen LogP contribution < -0.4 is 0 Å². The molecule has 0 aromatic rings. The molecule has 0 aromatic carbocycles. The Morgan fingerprint density at radius 1 is 0.778 bits per heavy atom. The normalized spacial score (nSPS) is 11.9. The predicted molar refractivity (Wildman–Crippen MR) is 80.5 cm³/mol. The molecule has 0 heterocycles. The molecule has 1 nitrogen and oxygen atoms in total. The molecule has 0 saturated heterocycles. The molecule has 0 aliphatic rings. The first kappa shape index (κ1) is 17.5. The molecule has 18 heavy (non-hydrogen) atoms. The highest BCUT2D eigenvalue weighted by atomic mass is 16.3. The minimum absolute atomic E-state index is 0.409. The first-order valence-corrected chi connectivity index (χ1v) is 7.97. The maximum atomic E-state index is 9.25. The van der Waals surface area contributed by atoms with Gasteiger partial charge in [0.25, 0.3) is 0 Å². The Balaban J connectivity index is 3.09. The summed E-state index contributed by atoms with van der Waals surface area (Å²) < 4.78 is 0. The topological polar surface area (TPSA) is 20.2 Å². The molecule has 0 aromatic heterocycles. The van der Waals surface area contributed by atoms with Crippen LogP contribution in [0.2, 0.25) is 0 Å². The van der Waals surface area contributed by atoms with Crippen molar-refractivity contribution in [2.75, 3.05) is 0 Å². The smallest absolute Gasteiger partial charge is 0.114 e. The van der Waals surface area contributed by atoms with Gasteiger partial charge in [-0.2, -0.15) is 0 Å². The summed E-state index contributed by atoms with van der Waals surface area (Å²) in [4.78, 5) is 0. The number of aliphatic hydroxyl groups excluding tert-OH is 1. The van der Waals surface area contributed by atoms with E-state index in [1.54, 1.807) is 0 Å². The van der Waals surface area contributed by atoms with E-state index in [4.69, 9.17) is 0 Å². The maximum absolute atomic E-state index is 9.25. The number of hydrogen-bond donors (Lipinski definition) is 1. The molecule has 0 amide bonds. The molecule has 0 radical (unpaired) electrons. The fourth-order valence-corrected chi connectivity index (χ4v) is 1.99. The predicted octanol–water partition coefficient (Wildman–Crippen LogP) is 5.07. The van der Waals surface area contributed by atoms with Crippen LogP contribution in [0.3, 0.4) is 0 Å². The first-order chi connectivity index (χ1) is 8.81. The lowest BCUT2D eigenvalue weighted by molar-refractivity contribution is 0.228. The van der Waals surface area contributed by atoms with Crippen molar-refractivity contribution in [3.8, 4) is 11.8 Å². The Hall–Kier alpha value is -0.480. The van der Waals surface area contributed by atoms with Crippen molar-refractivity contribution in [2.45, 2.75) is 97.0 Å². The van der Waals surface area contributed by atoms with E-state index in [0.29, 0.717) is 0 Å². The summed E-state index contributed by atoms with van der Waals surface area (Å²) in [5.74, 6) is 5.93. The molecule has 1 atom stereocenters. The quantitative estimate of drug-likeness (QED) is 0.402. The van der Waals surface area contributed by atoms with E-state index in [9.17, 15) is 5.11 Å². The molecule has 0 bridgehead atoms. The van der Waals surface area contributed by atoms with Gasteiger partial charge < -0.3 is 5.11 Å². The Morgan fingerprint density at radius 2 is 1.28 bits per heavy atom. The summed E-state index contributed by atoms with van der Waals surface area (Å²) in [7, 11) is 0. The second-order valence-electron chi connectivity index (χ2n) is 5.18. The standard InChI is InChI=1S/C17H32O/c1-3-5-6-7-8-9-10-11-12-13-14-15-16-17(18)4-2/h17-18H,3-14H2,1-2H3. The summed E-state index contributed by atoms with van der Waals surface area (Å²) >= 11 is 0. The van der Waals surface area contributed by atoms with E-state index in [2.05, 4.69) is 18.8 Å². The van der Waals surface area contributed by atoms with Crippen LogP contribution in [-0.2, 0) is 0 Å². The number of aliphatic hydroxyl groups is 1. The summed E-state index contributed by atoms with van der Waals surface area (Å²) in [6.45, 7) is 4.22. The summed E-state index contributed by atoms with van der Waals surface area (Å²) in [6.07, 6.45) is 14.9.